The number of sulfonamides is 2. The third kappa shape index (κ3) is 4.99. The van der Waals surface area contributed by atoms with E-state index in [2.05, 4.69) is 4.72 Å². The van der Waals surface area contributed by atoms with Gasteiger partial charge in [0.05, 0.1) is 14.7 Å². The van der Waals surface area contributed by atoms with Crippen molar-refractivity contribution >= 4 is 37.3 Å². The van der Waals surface area contributed by atoms with E-state index in [1.807, 2.05) is 0 Å². The molecular formula is C14H14ClN3O6S2. The Morgan fingerprint density at radius 1 is 1.04 bits per heavy atom. The predicted octanol–water partition coefficient (Wildman–Crippen LogP) is 1.42. The van der Waals surface area contributed by atoms with E-state index >= 15 is 0 Å². The lowest BCUT2D eigenvalue weighted by atomic mass is 10.2. The summed E-state index contributed by atoms with van der Waals surface area (Å²) in [6.07, 6.45) is 0.278. The van der Waals surface area contributed by atoms with Gasteiger partial charge >= 0.3 is 0 Å². The number of hydrogen-bond donors (Lipinski definition) is 2. The first kappa shape index (κ1) is 20.3. The molecule has 0 unspecified atom stereocenters. The van der Waals surface area contributed by atoms with Gasteiger partial charge in [0, 0.05) is 12.6 Å². The fourth-order valence-electron chi connectivity index (χ4n) is 2.06. The summed E-state index contributed by atoms with van der Waals surface area (Å²) < 4.78 is 49.1. The van der Waals surface area contributed by atoms with Crippen molar-refractivity contribution in [1.29, 1.82) is 0 Å². The molecule has 0 heterocycles. The summed E-state index contributed by atoms with van der Waals surface area (Å²) >= 11 is 5.66. The van der Waals surface area contributed by atoms with Gasteiger partial charge in [0.25, 0.3) is 5.69 Å². The molecule has 0 aliphatic rings. The largest absolute Gasteiger partial charge is 0.289 e. The van der Waals surface area contributed by atoms with Gasteiger partial charge in [-0.05, 0) is 36.2 Å². The van der Waals surface area contributed by atoms with Crippen LogP contribution in [0.25, 0.3) is 0 Å². The van der Waals surface area contributed by atoms with Crippen LogP contribution in [-0.2, 0) is 26.5 Å². The van der Waals surface area contributed by atoms with Gasteiger partial charge in [-0.2, -0.15) is 0 Å². The van der Waals surface area contributed by atoms with E-state index in [9.17, 15) is 26.9 Å². The molecule has 0 atom stereocenters. The Kier molecular flexibility index (Phi) is 5.98. The maximum absolute atomic E-state index is 12.2. The first-order valence-electron chi connectivity index (χ1n) is 7.06. The lowest BCUT2D eigenvalue weighted by molar-refractivity contribution is -0.384. The summed E-state index contributed by atoms with van der Waals surface area (Å²) in [6, 6.07) is 8.86. The minimum absolute atomic E-state index is 0.00742. The van der Waals surface area contributed by atoms with Crippen LogP contribution in [-0.4, -0.2) is 28.3 Å². The number of rotatable bonds is 7. The molecule has 140 valence electrons. The minimum Gasteiger partial charge on any atom is -0.258 e. The SMILES string of the molecule is NS(=O)(=O)c1ccc(CCNS(=O)(=O)c2ccc(Cl)c([N+](=O)[O-])c2)cc1. The molecule has 0 amide bonds. The van der Waals surface area contributed by atoms with Crippen LogP contribution in [0.2, 0.25) is 5.02 Å². The van der Waals surface area contributed by atoms with Gasteiger partial charge in [-0.1, -0.05) is 23.7 Å². The minimum atomic E-state index is -3.96. The van der Waals surface area contributed by atoms with E-state index in [4.69, 9.17) is 16.7 Å². The van der Waals surface area contributed by atoms with Gasteiger partial charge in [0.2, 0.25) is 20.0 Å². The van der Waals surface area contributed by atoms with Gasteiger partial charge in [0.15, 0.2) is 0 Å². The Balaban J connectivity index is 2.07. The normalized spacial score (nSPS) is 12.1. The van der Waals surface area contributed by atoms with E-state index in [1.165, 1.54) is 30.3 Å². The maximum Gasteiger partial charge on any atom is 0.289 e. The van der Waals surface area contributed by atoms with Gasteiger partial charge < -0.3 is 0 Å². The van der Waals surface area contributed by atoms with Crippen molar-refractivity contribution in [2.45, 2.75) is 16.2 Å². The molecule has 0 spiro atoms. The third-order valence-electron chi connectivity index (χ3n) is 3.38. The molecule has 9 nitrogen and oxygen atoms in total. The van der Waals surface area contributed by atoms with Crippen LogP contribution >= 0.6 is 11.6 Å². The van der Waals surface area contributed by atoms with Crippen LogP contribution in [0, 0.1) is 10.1 Å². The zero-order valence-corrected chi connectivity index (χ0v) is 15.5. The van der Waals surface area contributed by atoms with Crippen molar-refractivity contribution < 1.29 is 21.8 Å². The second-order valence-electron chi connectivity index (χ2n) is 5.21. The fourth-order valence-corrected chi connectivity index (χ4v) is 3.81. The Labute approximate surface area is 155 Å². The maximum atomic E-state index is 12.2. The number of hydrogen-bond acceptors (Lipinski definition) is 6. The topological polar surface area (TPSA) is 149 Å². The van der Waals surface area contributed by atoms with Crippen LogP contribution in [0.5, 0.6) is 0 Å². The zero-order chi connectivity index (χ0) is 19.5. The van der Waals surface area contributed by atoms with E-state index in [-0.39, 0.29) is 27.8 Å². The molecule has 2 aromatic rings. The molecule has 0 aliphatic carbocycles. The monoisotopic (exact) mass is 419 g/mol. The first-order chi connectivity index (χ1) is 12.0. The summed E-state index contributed by atoms with van der Waals surface area (Å²) in [4.78, 5) is 9.76. The Morgan fingerprint density at radius 2 is 1.62 bits per heavy atom. The smallest absolute Gasteiger partial charge is 0.258 e. The standard InChI is InChI=1S/C14H14ClN3O6S2/c15-13-6-5-12(9-14(13)18(19)20)26(23,24)17-8-7-10-1-3-11(4-2-10)25(16,21)22/h1-6,9,17H,7-8H2,(H2,16,21,22). The second-order valence-corrected chi connectivity index (χ2v) is 8.94. The van der Waals surface area contributed by atoms with Crippen LogP contribution in [0.3, 0.4) is 0 Å². The van der Waals surface area contributed by atoms with Crippen LogP contribution < -0.4 is 9.86 Å². The quantitative estimate of drug-likeness (QED) is 0.511. The highest BCUT2D eigenvalue weighted by molar-refractivity contribution is 7.89. The average Bonchev–Trinajstić information content (AvgIpc) is 2.54. The molecule has 0 radical (unpaired) electrons. The van der Waals surface area contributed by atoms with Gasteiger partial charge in [-0.3, -0.25) is 10.1 Å². The molecule has 12 heteroatoms. The number of nitrogens with one attached hydrogen (secondary N) is 1. The molecule has 0 aliphatic heterocycles. The zero-order valence-electron chi connectivity index (χ0n) is 13.1. The van der Waals surface area contributed by atoms with E-state index in [0.29, 0.717) is 5.56 Å². The molecule has 26 heavy (non-hydrogen) atoms. The fraction of sp³-hybridized carbons (Fsp3) is 0.143. The third-order valence-corrected chi connectivity index (χ3v) is 6.09. The van der Waals surface area contributed by atoms with E-state index < -0.39 is 30.7 Å². The molecule has 0 fully saturated rings. The summed E-state index contributed by atoms with van der Waals surface area (Å²) in [6.45, 7) is 0.00742. The van der Waals surface area contributed by atoms with Crippen LogP contribution in [0.15, 0.2) is 52.3 Å². The average molecular weight is 420 g/mol. The summed E-state index contributed by atoms with van der Waals surface area (Å²) in [5.41, 5.74) is 0.176. The van der Waals surface area contributed by atoms with Gasteiger partial charge in [-0.15, -0.1) is 0 Å². The number of nitro benzene ring substituents is 1. The van der Waals surface area contributed by atoms with Gasteiger partial charge in [0.1, 0.15) is 5.02 Å². The number of nitro groups is 1. The predicted molar refractivity (Wildman–Crippen MR) is 94.8 cm³/mol. The number of primary sulfonamides is 1. The molecule has 3 N–H and O–H groups in total. The Hall–Kier alpha value is -2.05. The summed E-state index contributed by atoms with van der Waals surface area (Å²) in [5.74, 6) is 0. The van der Waals surface area contributed by atoms with Crippen molar-refractivity contribution in [3.63, 3.8) is 0 Å². The lowest BCUT2D eigenvalue weighted by Crippen LogP contribution is -2.26. The van der Waals surface area contributed by atoms with Crippen molar-refractivity contribution in [2.24, 2.45) is 5.14 Å². The highest BCUT2D eigenvalue weighted by Crippen LogP contribution is 2.26. The van der Waals surface area contributed by atoms with Crippen molar-refractivity contribution in [2.75, 3.05) is 6.54 Å². The number of benzene rings is 2. The molecule has 0 bridgehead atoms. The number of nitrogens with zero attached hydrogens (tertiary/aromatic N) is 1. The molecule has 0 saturated carbocycles. The summed E-state index contributed by atoms with van der Waals surface area (Å²) in [5, 5.41) is 15.7. The number of nitrogens with two attached hydrogens (primary N) is 1. The van der Waals surface area contributed by atoms with Gasteiger partial charge in [-0.25, -0.2) is 26.7 Å². The molecule has 0 saturated heterocycles. The highest BCUT2D eigenvalue weighted by atomic mass is 35.5. The van der Waals surface area contributed by atoms with Crippen molar-refractivity contribution in [3.05, 3.63) is 63.2 Å². The second kappa shape index (κ2) is 7.68. The molecule has 0 aromatic heterocycles. The Morgan fingerprint density at radius 3 is 2.15 bits per heavy atom. The molecular weight excluding hydrogens is 406 g/mol. The van der Waals surface area contributed by atoms with Crippen molar-refractivity contribution in [1.82, 2.24) is 4.72 Å². The van der Waals surface area contributed by atoms with E-state index in [1.54, 1.807) is 0 Å². The van der Waals surface area contributed by atoms with Crippen molar-refractivity contribution in [3.8, 4) is 0 Å². The highest BCUT2D eigenvalue weighted by Gasteiger charge is 2.20. The molecule has 2 aromatic carbocycles. The lowest BCUT2D eigenvalue weighted by Gasteiger charge is -2.08. The van der Waals surface area contributed by atoms with Crippen LogP contribution in [0.4, 0.5) is 5.69 Å². The van der Waals surface area contributed by atoms with Crippen LogP contribution in [0.1, 0.15) is 5.56 Å². The number of halogens is 1. The molecule has 2 rings (SSSR count). The first-order valence-corrected chi connectivity index (χ1v) is 10.5. The van der Waals surface area contributed by atoms with E-state index in [0.717, 1.165) is 12.1 Å². The Bertz CT molecular complexity index is 1040. The summed E-state index contributed by atoms with van der Waals surface area (Å²) in [7, 11) is -7.75.